The third-order valence-electron chi connectivity index (χ3n) is 2.42. The zero-order valence-electron chi connectivity index (χ0n) is 9.83. The number of likely N-dealkylation sites (N-methyl/N-ethyl adjacent to an activating group) is 1. The van der Waals surface area contributed by atoms with E-state index in [1.807, 2.05) is 19.0 Å². The molecule has 0 saturated carbocycles. The van der Waals surface area contributed by atoms with Crippen LogP contribution in [0.15, 0.2) is 24.3 Å². The second kappa shape index (κ2) is 5.61. The highest BCUT2D eigenvalue weighted by Crippen LogP contribution is 2.17. The maximum absolute atomic E-state index is 12.8. The number of hydrogen-bond donors (Lipinski definition) is 1. The van der Waals surface area contributed by atoms with Crippen LogP contribution in [-0.4, -0.2) is 31.4 Å². The molecule has 0 saturated heterocycles. The second-order valence-electron chi connectivity index (χ2n) is 3.97. The van der Waals surface area contributed by atoms with Crippen molar-refractivity contribution >= 4 is 5.91 Å². The fourth-order valence-electron chi connectivity index (χ4n) is 1.52. The molecule has 0 unspecified atom stereocenters. The number of rotatable bonds is 4. The third-order valence-corrected chi connectivity index (χ3v) is 2.42. The molecule has 88 valence electrons. The minimum atomic E-state index is -0.249. The van der Waals surface area contributed by atoms with Crippen molar-refractivity contribution < 1.29 is 9.18 Å². The lowest BCUT2D eigenvalue weighted by molar-refractivity contribution is -0.119. The maximum atomic E-state index is 12.8. The molecule has 0 aromatic heterocycles. The van der Waals surface area contributed by atoms with E-state index in [0.29, 0.717) is 6.54 Å². The highest BCUT2D eigenvalue weighted by Gasteiger charge is 2.14. The molecule has 4 heteroatoms. The van der Waals surface area contributed by atoms with E-state index in [-0.39, 0.29) is 17.8 Å². The van der Waals surface area contributed by atoms with Crippen molar-refractivity contribution in [3.8, 4) is 0 Å². The van der Waals surface area contributed by atoms with Crippen LogP contribution in [0.2, 0.25) is 0 Å². The Morgan fingerprint density at radius 2 is 1.94 bits per heavy atom. The minimum absolute atomic E-state index is 0.0597. The van der Waals surface area contributed by atoms with Gasteiger partial charge in [0.05, 0.1) is 6.04 Å². The quantitative estimate of drug-likeness (QED) is 0.842. The fraction of sp³-hybridized carbons (Fsp3) is 0.417. The van der Waals surface area contributed by atoms with E-state index in [9.17, 15) is 9.18 Å². The fourth-order valence-corrected chi connectivity index (χ4v) is 1.52. The van der Waals surface area contributed by atoms with Gasteiger partial charge in [-0.05, 0) is 31.8 Å². The molecule has 0 radical (unpaired) electrons. The van der Waals surface area contributed by atoms with E-state index in [0.717, 1.165) is 5.56 Å². The van der Waals surface area contributed by atoms with E-state index in [1.165, 1.54) is 19.1 Å². The topological polar surface area (TPSA) is 32.3 Å². The largest absolute Gasteiger partial charge is 0.354 e. The minimum Gasteiger partial charge on any atom is -0.354 e. The summed E-state index contributed by atoms with van der Waals surface area (Å²) < 4.78 is 12.8. The standard InChI is InChI=1S/C12H17FN2O/c1-9(16)14-8-12(15(2)3)10-4-6-11(13)7-5-10/h4-7,12H,8H2,1-3H3,(H,14,16)/t12-/m0/s1. The van der Waals surface area contributed by atoms with Gasteiger partial charge in [0.25, 0.3) is 0 Å². The van der Waals surface area contributed by atoms with Gasteiger partial charge in [0.15, 0.2) is 0 Å². The Morgan fingerprint density at radius 3 is 2.38 bits per heavy atom. The first kappa shape index (κ1) is 12.6. The first-order valence-electron chi connectivity index (χ1n) is 5.17. The van der Waals surface area contributed by atoms with Crippen LogP contribution >= 0.6 is 0 Å². The van der Waals surface area contributed by atoms with Crippen LogP contribution in [0.1, 0.15) is 18.5 Å². The lowest BCUT2D eigenvalue weighted by Crippen LogP contribution is -2.33. The van der Waals surface area contributed by atoms with Crippen molar-refractivity contribution in [3.63, 3.8) is 0 Å². The van der Waals surface area contributed by atoms with Crippen LogP contribution in [0.3, 0.4) is 0 Å². The normalized spacial score (nSPS) is 12.6. The molecule has 1 N–H and O–H groups in total. The van der Waals surface area contributed by atoms with Crippen molar-refractivity contribution in [1.29, 1.82) is 0 Å². The molecule has 0 bridgehead atoms. The lowest BCUT2D eigenvalue weighted by Gasteiger charge is -2.24. The van der Waals surface area contributed by atoms with E-state index in [1.54, 1.807) is 12.1 Å². The average molecular weight is 224 g/mol. The summed E-state index contributed by atoms with van der Waals surface area (Å²) in [4.78, 5) is 12.9. The van der Waals surface area contributed by atoms with Crippen molar-refractivity contribution in [2.75, 3.05) is 20.6 Å². The summed E-state index contributed by atoms with van der Waals surface area (Å²) in [6.07, 6.45) is 0. The molecule has 0 heterocycles. The number of carbonyl (C=O) groups excluding carboxylic acids is 1. The Labute approximate surface area is 95.3 Å². The smallest absolute Gasteiger partial charge is 0.216 e. The van der Waals surface area contributed by atoms with Gasteiger partial charge in [-0.3, -0.25) is 4.79 Å². The Balaban J connectivity index is 2.77. The van der Waals surface area contributed by atoms with Crippen LogP contribution in [-0.2, 0) is 4.79 Å². The summed E-state index contributed by atoms with van der Waals surface area (Å²) in [5.74, 6) is -0.310. The van der Waals surface area contributed by atoms with Crippen LogP contribution < -0.4 is 5.32 Å². The Hall–Kier alpha value is -1.42. The highest BCUT2D eigenvalue weighted by molar-refractivity contribution is 5.72. The van der Waals surface area contributed by atoms with Gasteiger partial charge in [0.2, 0.25) is 5.91 Å². The summed E-state index contributed by atoms with van der Waals surface area (Å²) in [6.45, 7) is 2.01. The first-order valence-corrected chi connectivity index (χ1v) is 5.17. The number of nitrogens with zero attached hydrogens (tertiary/aromatic N) is 1. The van der Waals surface area contributed by atoms with Gasteiger partial charge < -0.3 is 10.2 Å². The molecule has 0 aliphatic carbocycles. The molecule has 1 atom stereocenters. The predicted octanol–water partition coefficient (Wildman–Crippen LogP) is 1.56. The van der Waals surface area contributed by atoms with Gasteiger partial charge in [0.1, 0.15) is 5.82 Å². The number of hydrogen-bond acceptors (Lipinski definition) is 2. The molecule has 0 fully saturated rings. The van der Waals surface area contributed by atoms with Gasteiger partial charge >= 0.3 is 0 Å². The molecule has 1 amide bonds. The van der Waals surface area contributed by atoms with Crippen molar-refractivity contribution in [2.45, 2.75) is 13.0 Å². The zero-order chi connectivity index (χ0) is 12.1. The number of nitrogens with one attached hydrogen (secondary N) is 1. The molecule has 0 aliphatic rings. The predicted molar refractivity (Wildman–Crippen MR) is 61.5 cm³/mol. The first-order chi connectivity index (χ1) is 7.50. The molecule has 0 spiro atoms. The monoisotopic (exact) mass is 224 g/mol. The van der Waals surface area contributed by atoms with E-state index in [2.05, 4.69) is 5.32 Å². The van der Waals surface area contributed by atoms with E-state index < -0.39 is 0 Å². The molecule has 16 heavy (non-hydrogen) atoms. The summed E-state index contributed by atoms with van der Waals surface area (Å²) in [5.41, 5.74) is 0.986. The second-order valence-corrected chi connectivity index (χ2v) is 3.97. The van der Waals surface area contributed by atoms with E-state index in [4.69, 9.17) is 0 Å². The molecule has 1 rings (SSSR count). The summed E-state index contributed by atoms with van der Waals surface area (Å²) in [5, 5.41) is 2.77. The maximum Gasteiger partial charge on any atom is 0.216 e. The van der Waals surface area contributed by atoms with E-state index >= 15 is 0 Å². The molecule has 3 nitrogen and oxygen atoms in total. The Kier molecular flexibility index (Phi) is 4.43. The van der Waals surface area contributed by atoms with Crippen LogP contribution in [0.25, 0.3) is 0 Å². The van der Waals surface area contributed by atoms with Crippen molar-refractivity contribution in [2.24, 2.45) is 0 Å². The van der Waals surface area contributed by atoms with Crippen LogP contribution in [0, 0.1) is 5.82 Å². The molecule has 0 aliphatic heterocycles. The van der Waals surface area contributed by atoms with Crippen molar-refractivity contribution in [3.05, 3.63) is 35.6 Å². The number of benzene rings is 1. The molecule has 1 aromatic carbocycles. The number of halogens is 1. The Bertz CT molecular complexity index is 349. The average Bonchev–Trinajstić information content (AvgIpc) is 2.20. The number of amides is 1. The third kappa shape index (κ3) is 3.62. The Morgan fingerprint density at radius 1 is 1.38 bits per heavy atom. The molecular formula is C12H17FN2O. The highest BCUT2D eigenvalue weighted by atomic mass is 19.1. The van der Waals surface area contributed by atoms with Crippen LogP contribution in [0.4, 0.5) is 4.39 Å². The van der Waals surface area contributed by atoms with Gasteiger partial charge in [-0.25, -0.2) is 4.39 Å². The van der Waals surface area contributed by atoms with Gasteiger partial charge in [-0.1, -0.05) is 12.1 Å². The summed E-state index contributed by atoms with van der Waals surface area (Å²) in [7, 11) is 3.85. The summed E-state index contributed by atoms with van der Waals surface area (Å²) >= 11 is 0. The van der Waals surface area contributed by atoms with Gasteiger partial charge in [-0.2, -0.15) is 0 Å². The lowest BCUT2D eigenvalue weighted by atomic mass is 10.1. The van der Waals surface area contributed by atoms with Crippen LogP contribution in [0.5, 0.6) is 0 Å². The SMILES string of the molecule is CC(=O)NC[C@@H](c1ccc(F)cc1)N(C)C. The van der Waals surface area contributed by atoms with Gasteiger partial charge in [0, 0.05) is 13.5 Å². The van der Waals surface area contributed by atoms with Crippen molar-refractivity contribution in [1.82, 2.24) is 10.2 Å². The molecule has 1 aromatic rings. The molecular weight excluding hydrogens is 207 g/mol. The zero-order valence-corrected chi connectivity index (χ0v) is 9.83. The number of carbonyl (C=O) groups is 1. The van der Waals surface area contributed by atoms with Gasteiger partial charge in [-0.15, -0.1) is 0 Å². The summed E-state index contributed by atoms with van der Waals surface area (Å²) in [6, 6.07) is 6.40.